The second kappa shape index (κ2) is 6.83. The molecule has 0 radical (unpaired) electrons. The number of carbonyl (C=O) groups excluding carboxylic acids is 2. The average molecular weight is 172 g/mol. The molecule has 1 saturated carbocycles. The summed E-state index contributed by atoms with van der Waals surface area (Å²) in [6.07, 6.45) is 3.97. The third-order valence-corrected chi connectivity index (χ3v) is 1.51. The highest BCUT2D eigenvalue weighted by molar-refractivity contribution is 5.80. The zero-order chi connectivity index (χ0) is 9.40. The number of carbonyl (C=O) groups is 2. The van der Waals surface area contributed by atoms with Crippen molar-refractivity contribution in [3.05, 3.63) is 0 Å². The first-order valence-corrected chi connectivity index (χ1v) is 4.32. The second-order valence-electron chi connectivity index (χ2n) is 2.67. The third kappa shape index (κ3) is 7.25. The Morgan fingerprint density at radius 1 is 1.42 bits per heavy atom. The van der Waals surface area contributed by atoms with Gasteiger partial charge in [0.15, 0.2) is 0 Å². The van der Waals surface area contributed by atoms with E-state index in [1.807, 2.05) is 0 Å². The minimum Gasteiger partial charge on any atom is -0.466 e. The van der Waals surface area contributed by atoms with E-state index in [1.54, 1.807) is 6.92 Å². The summed E-state index contributed by atoms with van der Waals surface area (Å²) in [4.78, 5) is 20.1. The van der Waals surface area contributed by atoms with E-state index in [1.165, 1.54) is 6.92 Å². The van der Waals surface area contributed by atoms with Crippen molar-refractivity contribution in [1.29, 1.82) is 0 Å². The summed E-state index contributed by atoms with van der Waals surface area (Å²) < 4.78 is 4.40. The van der Waals surface area contributed by atoms with Crippen LogP contribution in [0.1, 0.15) is 39.5 Å². The summed E-state index contributed by atoms with van der Waals surface area (Å²) in [6, 6.07) is 0. The molecule has 0 aromatic heterocycles. The molecule has 3 nitrogen and oxygen atoms in total. The summed E-state index contributed by atoms with van der Waals surface area (Å²) in [5.41, 5.74) is 0. The van der Waals surface area contributed by atoms with Crippen LogP contribution in [0.2, 0.25) is 0 Å². The number of ether oxygens (including phenoxy) is 1. The molecular weight excluding hydrogens is 156 g/mol. The van der Waals surface area contributed by atoms with Gasteiger partial charge in [-0.2, -0.15) is 0 Å². The normalized spacial score (nSPS) is 15.0. The van der Waals surface area contributed by atoms with Crippen LogP contribution in [0, 0.1) is 0 Å². The second-order valence-corrected chi connectivity index (χ2v) is 2.67. The quantitative estimate of drug-likeness (QED) is 0.565. The molecule has 0 atom stereocenters. The maximum absolute atomic E-state index is 10.2. The Hall–Kier alpha value is -0.860. The van der Waals surface area contributed by atoms with E-state index in [2.05, 4.69) is 4.74 Å². The van der Waals surface area contributed by atoms with Crippen LogP contribution in [0.4, 0.5) is 0 Å². The van der Waals surface area contributed by atoms with Crippen molar-refractivity contribution in [2.24, 2.45) is 0 Å². The summed E-state index contributed by atoms with van der Waals surface area (Å²) in [5, 5.41) is 0. The molecule has 0 spiro atoms. The number of ketones is 1. The molecular formula is C9H16O3. The Bertz CT molecular complexity index is 144. The number of Topliss-reactive ketones (excluding diaryl/α,β-unsaturated/α-hetero) is 1. The minimum atomic E-state index is -0.211. The van der Waals surface area contributed by atoms with Crippen LogP contribution in [0.3, 0.4) is 0 Å². The van der Waals surface area contributed by atoms with Crippen molar-refractivity contribution in [2.75, 3.05) is 6.61 Å². The van der Waals surface area contributed by atoms with Gasteiger partial charge in [-0.05, 0) is 19.8 Å². The van der Waals surface area contributed by atoms with Crippen LogP contribution in [-0.2, 0) is 14.3 Å². The minimum absolute atomic E-state index is 0.211. The monoisotopic (exact) mass is 172 g/mol. The molecule has 1 aliphatic carbocycles. The van der Waals surface area contributed by atoms with E-state index in [0.717, 1.165) is 25.7 Å². The Balaban J connectivity index is 0.000000202. The van der Waals surface area contributed by atoms with Gasteiger partial charge in [-0.25, -0.2) is 0 Å². The van der Waals surface area contributed by atoms with Gasteiger partial charge in [-0.15, -0.1) is 0 Å². The van der Waals surface area contributed by atoms with Gasteiger partial charge in [0.1, 0.15) is 5.78 Å². The fourth-order valence-corrected chi connectivity index (χ4v) is 0.973. The van der Waals surface area contributed by atoms with Crippen LogP contribution in [0.25, 0.3) is 0 Å². The number of hydrogen-bond acceptors (Lipinski definition) is 3. The van der Waals surface area contributed by atoms with Gasteiger partial charge in [-0.3, -0.25) is 9.59 Å². The standard InChI is InChI=1S/C5H8O.C4H8O2/c6-5-3-1-2-4-5;1-3-6-4(2)5/h1-4H2;3H2,1-2H3. The molecule has 0 heterocycles. The Kier molecular flexibility index (Phi) is 6.34. The molecule has 0 aromatic carbocycles. The van der Waals surface area contributed by atoms with Gasteiger partial charge in [0.05, 0.1) is 6.61 Å². The molecule has 0 N–H and O–H groups in total. The van der Waals surface area contributed by atoms with Crippen LogP contribution in [0.15, 0.2) is 0 Å². The first-order valence-electron chi connectivity index (χ1n) is 4.32. The molecule has 1 rings (SSSR count). The first-order chi connectivity index (χ1) is 5.66. The van der Waals surface area contributed by atoms with Gasteiger partial charge < -0.3 is 4.74 Å². The van der Waals surface area contributed by atoms with Crippen LogP contribution in [-0.4, -0.2) is 18.4 Å². The summed E-state index contributed by atoms with van der Waals surface area (Å²) in [5.74, 6) is 0.243. The highest BCUT2D eigenvalue weighted by Gasteiger charge is 2.07. The predicted octanol–water partition coefficient (Wildman–Crippen LogP) is 1.70. The Morgan fingerprint density at radius 2 is 1.92 bits per heavy atom. The van der Waals surface area contributed by atoms with Crippen molar-refractivity contribution >= 4 is 11.8 Å². The van der Waals surface area contributed by atoms with E-state index in [-0.39, 0.29) is 5.97 Å². The lowest BCUT2D eigenvalue weighted by Crippen LogP contribution is -1.95. The molecule has 0 bridgehead atoms. The summed E-state index contributed by atoms with van der Waals surface area (Å²) >= 11 is 0. The smallest absolute Gasteiger partial charge is 0.302 e. The molecule has 0 unspecified atom stereocenters. The molecule has 0 aromatic rings. The lowest BCUT2D eigenvalue weighted by Gasteiger charge is -1.89. The van der Waals surface area contributed by atoms with Gasteiger partial charge in [0.25, 0.3) is 0 Å². The number of hydrogen-bond donors (Lipinski definition) is 0. The zero-order valence-electron chi connectivity index (χ0n) is 7.76. The first kappa shape index (κ1) is 11.1. The van der Waals surface area contributed by atoms with Gasteiger partial charge in [0, 0.05) is 19.8 Å². The number of rotatable bonds is 1. The lowest BCUT2D eigenvalue weighted by atomic mass is 10.4. The SMILES string of the molecule is CCOC(C)=O.O=C1CCCC1. The van der Waals surface area contributed by atoms with Crippen molar-refractivity contribution < 1.29 is 14.3 Å². The average Bonchev–Trinajstić information content (AvgIpc) is 2.40. The zero-order valence-corrected chi connectivity index (χ0v) is 7.76. The largest absolute Gasteiger partial charge is 0.466 e. The van der Waals surface area contributed by atoms with Crippen molar-refractivity contribution in [3.63, 3.8) is 0 Å². The molecule has 1 aliphatic rings. The van der Waals surface area contributed by atoms with Crippen molar-refractivity contribution in [2.45, 2.75) is 39.5 Å². The van der Waals surface area contributed by atoms with Crippen LogP contribution < -0.4 is 0 Å². The third-order valence-electron chi connectivity index (χ3n) is 1.51. The molecule has 0 aliphatic heterocycles. The summed E-state index contributed by atoms with van der Waals surface area (Å²) in [6.45, 7) is 3.65. The molecule has 70 valence electrons. The number of esters is 1. The van der Waals surface area contributed by atoms with E-state index >= 15 is 0 Å². The van der Waals surface area contributed by atoms with E-state index in [4.69, 9.17) is 0 Å². The van der Waals surface area contributed by atoms with Crippen LogP contribution >= 0.6 is 0 Å². The molecule has 0 amide bonds. The summed E-state index contributed by atoms with van der Waals surface area (Å²) in [7, 11) is 0. The predicted molar refractivity (Wildman–Crippen MR) is 45.8 cm³/mol. The topological polar surface area (TPSA) is 43.4 Å². The van der Waals surface area contributed by atoms with Gasteiger partial charge in [0.2, 0.25) is 0 Å². The van der Waals surface area contributed by atoms with Gasteiger partial charge >= 0.3 is 5.97 Å². The molecule has 1 fully saturated rings. The Morgan fingerprint density at radius 3 is 2.00 bits per heavy atom. The van der Waals surface area contributed by atoms with Gasteiger partial charge in [-0.1, -0.05) is 0 Å². The molecule has 12 heavy (non-hydrogen) atoms. The lowest BCUT2D eigenvalue weighted by molar-refractivity contribution is -0.140. The maximum Gasteiger partial charge on any atom is 0.302 e. The van der Waals surface area contributed by atoms with E-state index in [0.29, 0.717) is 12.4 Å². The fourth-order valence-electron chi connectivity index (χ4n) is 0.973. The molecule has 3 heteroatoms. The van der Waals surface area contributed by atoms with E-state index in [9.17, 15) is 9.59 Å². The van der Waals surface area contributed by atoms with Crippen molar-refractivity contribution in [1.82, 2.24) is 0 Å². The highest BCUT2D eigenvalue weighted by Crippen LogP contribution is 2.11. The highest BCUT2D eigenvalue weighted by atomic mass is 16.5. The van der Waals surface area contributed by atoms with Crippen LogP contribution in [0.5, 0.6) is 0 Å². The maximum atomic E-state index is 10.2. The van der Waals surface area contributed by atoms with Crippen molar-refractivity contribution in [3.8, 4) is 0 Å². The Labute approximate surface area is 73.1 Å². The molecule has 0 saturated heterocycles. The fraction of sp³-hybridized carbons (Fsp3) is 0.778. The van der Waals surface area contributed by atoms with E-state index < -0.39 is 0 Å².